The van der Waals surface area contributed by atoms with E-state index in [-0.39, 0.29) is 17.1 Å². The highest BCUT2D eigenvalue weighted by Gasteiger charge is 2.26. The van der Waals surface area contributed by atoms with Crippen LogP contribution in [0.4, 0.5) is 10.2 Å². The van der Waals surface area contributed by atoms with Crippen molar-refractivity contribution >= 4 is 39.4 Å². The van der Waals surface area contributed by atoms with Crippen molar-refractivity contribution in [3.63, 3.8) is 0 Å². The van der Waals surface area contributed by atoms with Crippen molar-refractivity contribution in [2.45, 2.75) is 13.0 Å². The Morgan fingerprint density at radius 1 is 1.03 bits per heavy atom. The Kier molecular flexibility index (Phi) is 5.96. The monoisotopic (exact) mass is 541 g/mol. The molecule has 39 heavy (non-hydrogen) atoms. The van der Waals surface area contributed by atoms with Crippen LogP contribution in [0.15, 0.2) is 77.9 Å². The van der Waals surface area contributed by atoms with Gasteiger partial charge in [-0.25, -0.2) is 24.0 Å². The fraction of sp³-hybridized carbons (Fsp3) is 0.107. The van der Waals surface area contributed by atoms with E-state index in [1.807, 2.05) is 37.3 Å². The van der Waals surface area contributed by atoms with Crippen molar-refractivity contribution in [1.82, 2.24) is 29.3 Å². The first kappa shape index (κ1) is 24.5. The third kappa shape index (κ3) is 3.96. The minimum Gasteiger partial charge on any atom is -0.494 e. The van der Waals surface area contributed by atoms with Gasteiger partial charge in [-0.15, -0.1) is 0 Å². The molecule has 3 heterocycles. The van der Waals surface area contributed by atoms with Gasteiger partial charge in [-0.2, -0.15) is 5.10 Å². The van der Waals surface area contributed by atoms with Gasteiger partial charge in [0, 0.05) is 5.56 Å². The van der Waals surface area contributed by atoms with E-state index in [2.05, 4.69) is 9.97 Å². The fourth-order valence-electron chi connectivity index (χ4n) is 4.70. The highest BCUT2D eigenvalue weighted by molar-refractivity contribution is 6.35. The molecule has 0 saturated heterocycles. The third-order valence-electron chi connectivity index (χ3n) is 6.57. The van der Waals surface area contributed by atoms with Crippen molar-refractivity contribution in [1.29, 1.82) is 0 Å². The summed E-state index contributed by atoms with van der Waals surface area (Å²) in [4.78, 5) is 27.3. The van der Waals surface area contributed by atoms with E-state index < -0.39 is 11.9 Å². The molecule has 0 aliphatic rings. The normalized spacial score (nSPS) is 12.2. The van der Waals surface area contributed by atoms with Crippen molar-refractivity contribution in [3.05, 3.63) is 100 Å². The van der Waals surface area contributed by atoms with Gasteiger partial charge in [0.25, 0.3) is 5.56 Å². The van der Waals surface area contributed by atoms with E-state index in [9.17, 15) is 9.18 Å². The van der Waals surface area contributed by atoms with Crippen LogP contribution in [-0.4, -0.2) is 36.4 Å². The van der Waals surface area contributed by atoms with Crippen LogP contribution in [0.3, 0.4) is 0 Å². The molecule has 11 heteroatoms. The SMILES string of the molecule is COc1ccc(-c2nn(C(C)c3nc4cccc(Cl)c4c(=O)n3-c3ccccc3)c3ncnc(N)c23)cc1F. The molecule has 3 aromatic carbocycles. The number of nitrogen functional groups attached to an aromatic ring is 1. The Balaban J connectivity index is 1.63. The zero-order valence-electron chi connectivity index (χ0n) is 20.8. The van der Waals surface area contributed by atoms with Crippen molar-refractivity contribution in [2.24, 2.45) is 0 Å². The highest BCUT2D eigenvalue weighted by Crippen LogP contribution is 2.35. The van der Waals surface area contributed by atoms with Crippen LogP contribution in [0.1, 0.15) is 18.8 Å². The summed E-state index contributed by atoms with van der Waals surface area (Å²) in [7, 11) is 1.39. The number of methoxy groups -OCH3 is 1. The molecule has 0 aliphatic heterocycles. The zero-order valence-corrected chi connectivity index (χ0v) is 21.6. The molecule has 1 unspecified atom stereocenters. The number of ether oxygens (including phenoxy) is 1. The summed E-state index contributed by atoms with van der Waals surface area (Å²) in [5.74, 6) is 0.136. The van der Waals surface area contributed by atoms with Gasteiger partial charge < -0.3 is 10.5 Å². The lowest BCUT2D eigenvalue weighted by Gasteiger charge is -2.19. The maximum Gasteiger partial charge on any atom is 0.267 e. The maximum absolute atomic E-state index is 14.7. The van der Waals surface area contributed by atoms with Crippen LogP contribution in [0.2, 0.25) is 5.02 Å². The van der Waals surface area contributed by atoms with E-state index in [1.54, 1.807) is 28.9 Å². The summed E-state index contributed by atoms with van der Waals surface area (Å²) in [6, 6.07) is 18.2. The van der Waals surface area contributed by atoms with Crippen LogP contribution in [0, 0.1) is 5.82 Å². The Morgan fingerprint density at radius 3 is 2.56 bits per heavy atom. The number of hydrogen-bond acceptors (Lipinski definition) is 7. The third-order valence-corrected chi connectivity index (χ3v) is 6.89. The summed E-state index contributed by atoms with van der Waals surface area (Å²) in [6.45, 7) is 1.85. The zero-order chi connectivity index (χ0) is 27.3. The lowest BCUT2D eigenvalue weighted by Crippen LogP contribution is -2.27. The van der Waals surface area contributed by atoms with E-state index in [4.69, 9.17) is 32.2 Å². The van der Waals surface area contributed by atoms with Gasteiger partial charge in [0.15, 0.2) is 17.2 Å². The first-order valence-electron chi connectivity index (χ1n) is 12.0. The molecule has 6 aromatic rings. The molecule has 0 fully saturated rings. The fourth-order valence-corrected chi connectivity index (χ4v) is 4.95. The number of nitrogens with two attached hydrogens (primary N) is 1. The smallest absolute Gasteiger partial charge is 0.267 e. The molecule has 2 N–H and O–H groups in total. The molecular formula is C28H21ClFN7O2. The summed E-state index contributed by atoms with van der Waals surface area (Å²) in [5, 5.41) is 5.87. The molecular weight excluding hydrogens is 521 g/mol. The Hall–Kier alpha value is -4.83. The van der Waals surface area contributed by atoms with Gasteiger partial charge in [-0.05, 0) is 49.4 Å². The Bertz CT molecular complexity index is 1940. The van der Waals surface area contributed by atoms with Gasteiger partial charge in [0.1, 0.15) is 29.7 Å². The number of anilines is 1. The molecule has 0 aliphatic carbocycles. The lowest BCUT2D eigenvalue weighted by atomic mass is 10.1. The molecule has 0 spiro atoms. The van der Waals surface area contributed by atoms with E-state index in [0.717, 1.165) is 0 Å². The first-order valence-corrected chi connectivity index (χ1v) is 12.4. The number of aromatic nitrogens is 6. The van der Waals surface area contributed by atoms with E-state index in [0.29, 0.717) is 49.7 Å². The number of fused-ring (bicyclic) bond motifs is 2. The molecule has 0 bridgehead atoms. The second kappa shape index (κ2) is 9.48. The molecule has 1 atom stereocenters. The molecule has 194 valence electrons. The van der Waals surface area contributed by atoms with Gasteiger partial charge >= 0.3 is 0 Å². The largest absolute Gasteiger partial charge is 0.494 e. The summed E-state index contributed by atoms with van der Waals surface area (Å²) in [5.41, 5.74) is 8.26. The van der Waals surface area contributed by atoms with Gasteiger partial charge in [-0.1, -0.05) is 35.9 Å². The van der Waals surface area contributed by atoms with Gasteiger partial charge in [0.2, 0.25) is 0 Å². The first-order chi connectivity index (χ1) is 18.9. The van der Waals surface area contributed by atoms with Crippen LogP contribution in [0.5, 0.6) is 5.75 Å². The number of para-hydroxylation sites is 1. The van der Waals surface area contributed by atoms with Crippen LogP contribution < -0.4 is 16.0 Å². The molecule has 0 saturated carbocycles. The van der Waals surface area contributed by atoms with Crippen LogP contribution >= 0.6 is 11.6 Å². The quantitative estimate of drug-likeness (QED) is 0.319. The van der Waals surface area contributed by atoms with Crippen molar-refractivity contribution < 1.29 is 9.13 Å². The molecule has 9 nitrogen and oxygen atoms in total. The molecule has 0 radical (unpaired) electrons. The average molecular weight is 542 g/mol. The summed E-state index contributed by atoms with van der Waals surface area (Å²) < 4.78 is 22.8. The summed E-state index contributed by atoms with van der Waals surface area (Å²) >= 11 is 6.43. The standard InChI is InChI=1S/C28H21ClFN7O2/c1-15(26-34-20-10-6-9-18(29)22(20)28(38)36(26)17-7-4-3-5-8-17)37-27-23(25(31)32-14-33-27)24(35-37)16-11-12-21(39-2)19(30)13-16/h3-15H,1-2H3,(H2,31,32,33). The van der Waals surface area contributed by atoms with E-state index in [1.165, 1.54) is 30.1 Å². The van der Waals surface area contributed by atoms with Crippen molar-refractivity contribution in [3.8, 4) is 22.7 Å². The number of hydrogen-bond donors (Lipinski definition) is 1. The van der Waals surface area contributed by atoms with Gasteiger partial charge in [0.05, 0.1) is 34.1 Å². The second-order valence-corrected chi connectivity index (χ2v) is 9.26. The predicted octanol–water partition coefficient (Wildman–Crippen LogP) is 5.19. The minimum atomic E-state index is -0.616. The molecule has 0 amide bonds. The summed E-state index contributed by atoms with van der Waals surface area (Å²) in [6.07, 6.45) is 1.33. The average Bonchev–Trinajstić information content (AvgIpc) is 3.34. The number of halogens is 2. The lowest BCUT2D eigenvalue weighted by molar-refractivity contribution is 0.386. The topological polar surface area (TPSA) is 114 Å². The highest BCUT2D eigenvalue weighted by atomic mass is 35.5. The second-order valence-electron chi connectivity index (χ2n) is 8.86. The van der Waals surface area contributed by atoms with Crippen molar-refractivity contribution in [2.75, 3.05) is 12.8 Å². The maximum atomic E-state index is 14.7. The predicted molar refractivity (Wildman–Crippen MR) is 148 cm³/mol. The number of rotatable bonds is 5. The van der Waals surface area contributed by atoms with E-state index >= 15 is 0 Å². The molecule has 6 rings (SSSR count). The Morgan fingerprint density at radius 2 is 1.82 bits per heavy atom. The Labute approximate surface area is 226 Å². The molecule has 3 aromatic heterocycles. The minimum absolute atomic E-state index is 0.103. The van der Waals surface area contributed by atoms with Crippen LogP contribution in [-0.2, 0) is 0 Å². The number of benzene rings is 3. The van der Waals surface area contributed by atoms with Gasteiger partial charge in [-0.3, -0.25) is 9.36 Å². The number of nitrogens with zero attached hydrogens (tertiary/aromatic N) is 6. The van der Waals surface area contributed by atoms with Crippen LogP contribution in [0.25, 0.3) is 38.9 Å².